The summed E-state index contributed by atoms with van der Waals surface area (Å²) in [6.45, 7) is -0.325. The Kier molecular flexibility index (Phi) is 4.52. The Bertz CT molecular complexity index is 884. The molecule has 0 aliphatic rings. The first-order chi connectivity index (χ1) is 11.5. The Morgan fingerprint density at radius 1 is 1.17 bits per heavy atom. The van der Waals surface area contributed by atoms with Crippen LogP contribution in [-0.2, 0) is 11.3 Å². The minimum atomic E-state index is -1.20. The number of aromatic nitrogens is 2. The Morgan fingerprint density at radius 3 is 2.62 bits per heavy atom. The van der Waals surface area contributed by atoms with Crippen LogP contribution in [0.25, 0.3) is 11.4 Å². The lowest BCUT2D eigenvalue weighted by Crippen LogP contribution is -2.07. The number of rotatable bonds is 4. The molecule has 5 nitrogen and oxygen atoms in total. The normalized spacial score (nSPS) is 10.6. The zero-order valence-electron chi connectivity index (χ0n) is 12.0. The average Bonchev–Trinajstić information content (AvgIpc) is 3.06. The molecule has 0 amide bonds. The van der Waals surface area contributed by atoms with Crippen LogP contribution in [0.1, 0.15) is 16.2 Å². The van der Waals surface area contributed by atoms with E-state index < -0.39 is 17.6 Å². The molecule has 2 aromatic carbocycles. The van der Waals surface area contributed by atoms with Crippen LogP contribution >= 0.6 is 11.6 Å². The van der Waals surface area contributed by atoms with Crippen molar-refractivity contribution < 1.29 is 22.8 Å². The molecule has 0 aliphatic carbocycles. The summed E-state index contributed by atoms with van der Waals surface area (Å²) in [6, 6.07) is 10.4. The van der Waals surface area contributed by atoms with Gasteiger partial charge in [0.25, 0.3) is 5.89 Å². The molecule has 0 aliphatic heterocycles. The second-order valence-corrected chi connectivity index (χ2v) is 5.11. The van der Waals surface area contributed by atoms with Gasteiger partial charge in [0.1, 0.15) is 0 Å². The average molecular weight is 351 g/mol. The van der Waals surface area contributed by atoms with Gasteiger partial charge in [-0.3, -0.25) is 0 Å². The number of halogens is 3. The quantitative estimate of drug-likeness (QED) is 0.525. The van der Waals surface area contributed by atoms with E-state index >= 15 is 0 Å². The Labute approximate surface area is 139 Å². The minimum absolute atomic E-state index is 0.0564. The molecule has 0 unspecified atom stereocenters. The van der Waals surface area contributed by atoms with Gasteiger partial charge in [-0.25, -0.2) is 13.6 Å². The van der Waals surface area contributed by atoms with Crippen molar-refractivity contribution in [3.05, 3.63) is 70.6 Å². The summed E-state index contributed by atoms with van der Waals surface area (Å²) in [6.07, 6.45) is 0. The van der Waals surface area contributed by atoms with Gasteiger partial charge in [-0.05, 0) is 12.1 Å². The first-order valence-corrected chi connectivity index (χ1v) is 7.12. The van der Waals surface area contributed by atoms with E-state index in [4.69, 9.17) is 20.9 Å². The van der Waals surface area contributed by atoms with Crippen molar-refractivity contribution in [2.24, 2.45) is 0 Å². The van der Waals surface area contributed by atoms with Crippen molar-refractivity contribution >= 4 is 17.6 Å². The third-order valence-corrected chi connectivity index (χ3v) is 3.37. The Balaban J connectivity index is 1.69. The largest absolute Gasteiger partial charge is 0.452 e. The van der Waals surface area contributed by atoms with Crippen LogP contribution in [0, 0.1) is 11.6 Å². The summed E-state index contributed by atoms with van der Waals surface area (Å²) in [4.78, 5) is 16.0. The summed E-state index contributed by atoms with van der Waals surface area (Å²) in [5.74, 6) is -2.89. The maximum absolute atomic E-state index is 13.2. The second-order valence-electron chi connectivity index (χ2n) is 4.70. The third-order valence-electron chi connectivity index (χ3n) is 3.06. The number of hydrogen-bond acceptors (Lipinski definition) is 5. The van der Waals surface area contributed by atoms with Crippen molar-refractivity contribution in [3.63, 3.8) is 0 Å². The van der Waals surface area contributed by atoms with E-state index in [0.717, 1.165) is 5.56 Å². The molecule has 0 spiro atoms. The summed E-state index contributed by atoms with van der Waals surface area (Å²) in [5.41, 5.74) is 0.445. The Morgan fingerprint density at radius 2 is 1.88 bits per heavy atom. The number of benzene rings is 2. The highest BCUT2D eigenvalue weighted by atomic mass is 35.5. The van der Waals surface area contributed by atoms with Gasteiger partial charge in [-0.1, -0.05) is 47.1 Å². The van der Waals surface area contributed by atoms with Gasteiger partial charge >= 0.3 is 5.97 Å². The predicted molar refractivity (Wildman–Crippen MR) is 80.2 cm³/mol. The molecule has 1 heterocycles. The van der Waals surface area contributed by atoms with Gasteiger partial charge in [0.2, 0.25) is 5.82 Å². The molecule has 3 rings (SSSR count). The van der Waals surface area contributed by atoms with Gasteiger partial charge in [-0.15, -0.1) is 0 Å². The molecule has 0 N–H and O–H groups in total. The second kappa shape index (κ2) is 6.76. The fraction of sp³-hybridized carbons (Fsp3) is 0.0625. The van der Waals surface area contributed by atoms with Crippen LogP contribution < -0.4 is 0 Å². The van der Waals surface area contributed by atoms with Crippen molar-refractivity contribution in [3.8, 4) is 11.4 Å². The van der Waals surface area contributed by atoms with Crippen molar-refractivity contribution in [1.82, 2.24) is 10.1 Å². The van der Waals surface area contributed by atoms with Crippen LogP contribution in [0.5, 0.6) is 0 Å². The zero-order chi connectivity index (χ0) is 17.1. The maximum Gasteiger partial charge on any atom is 0.340 e. The highest BCUT2D eigenvalue weighted by Crippen LogP contribution is 2.21. The smallest absolute Gasteiger partial charge is 0.340 e. The summed E-state index contributed by atoms with van der Waals surface area (Å²) < 4.78 is 36.1. The predicted octanol–water partition coefficient (Wildman–Crippen LogP) is 4.03. The molecule has 0 saturated heterocycles. The first kappa shape index (κ1) is 16.1. The number of hydrogen-bond donors (Lipinski definition) is 0. The van der Waals surface area contributed by atoms with Crippen LogP contribution in [0.15, 0.2) is 47.0 Å². The van der Waals surface area contributed by atoms with Gasteiger partial charge in [0, 0.05) is 5.56 Å². The molecule has 0 atom stereocenters. The van der Waals surface area contributed by atoms with Gasteiger partial charge < -0.3 is 9.26 Å². The molecular weight excluding hydrogens is 342 g/mol. The van der Waals surface area contributed by atoms with Crippen LogP contribution in [0.4, 0.5) is 8.78 Å². The third kappa shape index (κ3) is 3.41. The number of carbonyl (C=O) groups is 1. The molecule has 0 saturated carbocycles. The monoisotopic (exact) mass is 350 g/mol. The topological polar surface area (TPSA) is 65.2 Å². The van der Waals surface area contributed by atoms with Crippen LogP contribution in [0.3, 0.4) is 0 Å². The standard InChI is InChI=1S/C16H9ClF2N2O3/c17-11-7-13(19)12(18)6-10(11)16(22)23-8-14-20-15(21-24-14)9-4-2-1-3-5-9/h1-7H,8H2. The summed E-state index contributed by atoms with van der Waals surface area (Å²) >= 11 is 5.70. The van der Waals surface area contributed by atoms with Crippen molar-refractivity contribution in [2.75, 3.05) is 0 Å². The lowest BCUT2D eigenvalue weighted by atomic mass is 10.2. The lowest BCUT2D eigenvalue weighted by Gasteiger charge is -2.04. The lowest BCUT2D eigenvalue weighted by molar-refractivity contribution is 0.0429. The summed E-state index contributed by atoms with van der Waals surface area (Å²) in [7, 11) is 0. The number of ether oxygens (including phenoxy) is 1. The number of carbonyl (C=O) groups excluding carboxylic acids is 1. The molecule has 0 fully saturated rings. The van der Waals surface area contributed by atoms with Gasteiger partial charge in [-0.2, -0.15) is 4.98 Å². The molecule has 24 heavy (non-hydrogen) atoms. The van der Waals surface area contributed by atoms with E-state index in [0.29, 0.717) is 18.0 Å². The van der Waals surface area contributed by atoms with E-state index in [-0.39, 0.29) is 23.1 Å². The van der Waals surface area contributed by atoms with Crippen molar-refractivity contribution in [2.45, 2.75) is 6.61 Å². The number of nitrogens with zero attached hydrogens (tertiary/aromatic N) is 2. The van der Waals surface area contributed by atoms with Crippen LogP contribution in [0.2, 0.25) is 5.02 Å². The fourth-order valence-corrected chi connectivity index (χ4v) is 2.13. The first-order valence-electron chi connectivity index (χ1n) is 6.74. The van der Waals surface area contributed by atoms with Crippen LogP contribution in [-0.4, -0.2) is 16.1 Å². The number of esters is 1. The molecule has 3 aromatic rings. The van der Waals surface area contributed by atoms with Gasteiger partial charge in [0.15, 0.2) is 18.2 Å². The van der Waals surface area contributed by atoms with E-state index in [2.05, 4.69) is 10.1 Å². The summed E-state index contributed by atoms with van der Waals surface area (Å²) in [5, 5.41) is 3.51. The fourth-order valence-electron chi connectivity index (χ4n) is 1.90. The zero-order valence-corrected chi connectivity index (χ0v) is 12.8. The SMILES string of the molecule is O=C(OCc1nc(-c2ccccc2)no1)c1cc(F)c(F)cc1Cl. The molecule has 1 aromatic heterocycles. The van der Waals surface area contributed by atoms with E-state index in [1.54, 1.807) is 12.1 Å². The molecule has 122 valence electrons. The molecule has 0 bridgehead atoms. The van der Waals surface area contributed by atoms with E-state index in [1.165, 1.54) is 0 Å². The van der Waals surface area contributed by atoms with Crippen molar-refractivity contribution in [1.29, 1.82) is 0 Å². The molecule has 8 heteroatoms. The Hall–Kier alpha value is -2.80. The van der Waals surface area contributed by atoms with E-state index in [9.17, 15) is 13.6 Å². The van der Waals surface area contributed by atoms with Gasteiger partial charge in [0.05, 0.1) is 10.6 Å². The highest BCUT2D eigenvalue weighted by molar-refractivity contribution is 6.33. The van der Waals surface area contributed by atoms with E-state index in [1.807, 2.05) is 18.2 Å². The maximum atomic E-state index is 13.2. The minimum Gasteiger partial charge on any atom is -0.452 e. The molecule has 0 radical (unpaired) electrons. The highest BCUT2D eigenvalue weighted by Gasteiger charge is 2.18. The molecular formula is C16H9ClF2N2O3.